The Morgan fingerprint density at radius 2 is 0.786 bits per heavy atom. The van der Waals surface area contributed by atoms with E-state index in [9.17, 15) is 19.5 Å². The van der Waals surface area contributed by atoms with Crippen LogP contribution in [-0.4, -0.2) is 80.6 Å². The van der Waals surface area contributed by atoms with Crippen LogP contribution in [0.2, 0.25) is 0 Å². The smallest absolute Gasteiger partial charge is 0.362 e. The van der Waals surface area contributed by atoms with Crippen LogP contribution in [0, 0.1) is 0 Å². The number of carboxylic acid groups (broad SMARTS) is 1. The third-order valence-corrected chi connectivity index (χ3v) is 11.3. The Bertz CT molecular complexity index is 889. The minimum atomic E-state index is -0.870. The van der Waals surface area contributed by atoms with E-state index in [4.69, 9.17) is 14.2 Å². The zero-order chi connectivity index (χ0) is 41.4. The van der Waals surface area contributed by atoms with Crippen molar-refractivity contribution >= 4 is 17.9 Å². The summed E-state index contributed by atoms with van der Waals surface area (Å²) in [6, 6.07) is -0.608. The lowest BCUT2D eigenvalue weighted by molar-refractivity contribution is -0.887. The highest BCUT2D eigenvalue weighted by atomic mass is 16.6. The van der Waals surface area contributed by atoms with Crippen LogP contribution in [0.1, 0.15) is 239 Å². The van der Waals surface area contributed by atoms with Crippen molar-refractivity contribution < 1.29 is 38.2 Å². The second-order valence-corrected chi connectivity index (χ2v) is 17.7. The quantitative estimate of drug-likeness (QED) is 0.0372. The molecule has 0 aromatic rings. The number of carbonyl (C=O) groups excluding carboxylic acids is 2. The van der Waals surface area contributed by atoms with Gasteiger partial charge in [0.05, 0.1) is 34.4 Å². The van der Waals surface area contributed by atoms with Crippen LogP contribution in [0.15, 0.2) is 0 Å². The van der Waals surface area contributed by atoms with Crippen LogP contribution < -0.4 is 0 Å². The van der Waals surface area contributed by atoms with Gasteiger partial charge in [0.1, 0.15) is 6.61 Å². The molecule has 2 unspecified atom stereocenters. The average Bonchev–Trinajstić information content (AvgIpc) is 3.15. The van der Waals surface area contributed by atoms with E-state index in [-0.39, 0.29) is 36.2 Å². The second-order valence-electron chi connectivity index (χ2n) is 17.7. The monoisotopic (exact) mass is 797 g/mol. The number of nitrogens with zero attached hydrogens (tertiary/aromatic N) is 1. The van der Waals surface area contributed by atoms with Crippen molar-refractivity contribution in [1.82, 2.24) is 0 Å². The third-order valence-electron chi connectivity index (χ3n) is 11.3. The molecular formula is C48H94NO7+. The van der Waals surface area contributed by atoms with Crippen molar-refractivity contribution in [3.63, 3.8) is 0 Å². The van der Waals surface area contributed by atoms with Gasteiger partial charge in [0, 0.05) is 19.3 Å². The number of carbonyl (C=O) groups is 3. The summed E-state index contributed by atoms with van der Waals surface area (Å²) in [5.74, 6) is -1.44. The third kappa shape index (κ3) is 37.9. The Kier molecular flexibility index (Phi) is 38.9. The molecule has 56 heavy (non-hydrogen) atoms. The lowest BCUT2D eigenvalue weighted by Crippen LogP contribution is -2.50. The SMILES string of the molecule is CCCCCCCCCCCCCCCCCCCCCC(=O)OCC(COCCC(C(=O)O)[N+](C)(C)C)OC(=O)CCCCCCCCCCCCCCC. The molecule has 0 aliphatic heterocycles. The number of ether oxygens (including phenoxy) is 3. The predicted molar refractivity (Wildman–Crippen MR) is 234 cm³/mol. The number of quaternary nitrogens is 1. The highest BCUT2D eigenvalue weighted by molar-refractivity contribution is 5.72. The van der Waals surface area contributed by atoms with E-state index < -0.39 is 18.1 Å². The van der Waals surface area contributed by atoms with Gasteiger partial charge >= 0.3 is 17.9 Å². The Balaban J connectivity index is 4.20. The van der Waals surface area contributed by atoms with Gasteiger partial charge < -0.3 is 23.8 Å². The predicted octanol–water partition coefficient (Wildman–Crippen LogP) is 13.3. The van der Waals surface area contributed by atoms with Crippen molar-refractivity contribution in [2.45, 2.75) is 251 Å². The normalized spacial score (nSPS) is 12.8. The van der Waals surface area contributed by atoms with Gasteiger partial charge in [0.2, 0.25) is 0 Å². The minimum Gasteiger partial charge on any atom is -0.477 e. The van der Waals surface area contributed by atoms with E-state index >= 15 is 0 Å². The molecule has 0 aromatic heterocycles. The molecule has 0 fully saturated rings. The fourth-order valence-electron chi connectivity index (χ4n) is 7.51. The van der Waals surface area contributed by atoms with Crippen LogP contribution in [-0.2, 0) is 28.6 Å². The van der Waals surface area contributed by atoms with Gasteiger partial charge in [-0.1, -0.05) is 206 Å². The van der Waals surface area contributed by atoms with E-state index in [0.29, 0.717) is 19.3 Å². The summed E-state index contributed by atoms with van der Waals surface area (Å²) in [7, 11) is 5.54. The van der Waals surface area contributed by atoms with Crippen LogP contribution in [0.3, 0.4) is 0 Å². The highest BCUT2D eigenvalue weighted by Gasteiger charge is 2.31. The molecule has 332 valence electrons. The van der Waals surface area contributed by atoms with E-state index in [2.05, 4.69) is 13.8 Å². The molecule has 0 saturated carbocycles. The van der Waals surface area contributed by atoms with Crippen LogP contribution in [0.25, 0.3) is 0 Å². The van der Waals surface area contributed by atoms with Crippen LogP contribution >= 0.6 is 0 Å². The number of hydrogen-bond acceptors (Lipinski definition) is 6. The van der Waals surface area contributed by atoms with Crippen molar-refractivity contribution in [1.29, 1.82) is 0 Å². The van der Waals surface area contributed by atoms with Gasteiger partial charge in [-0.15, -0.1) is 0 Å². The molecule has 0 aromatic carbocycles. The molecule has 1 N–H and O–H groups in total. The van der Waals surface area contributed by atoms with Gasteiger partial charge in [-0.2, -0.15) is 0 Å². The highest BCUT2D eigenvalue weighted by Crippen LogP contribution is 2.17. The number of esters is 2. The first-order valence-electron chi connectivity index (χ1n) is 24.1. The summed E-state index contributed by atoms with van der Waals surface area (Å²) in [6.07, 6.45) is 41.4. The first-order chi connectivity index (χ1) is 27.1. The van der Waals surface area contributed by atoms with E-state index in [1.807, 2.05) is 21.1 Å². The zero-order valence-electron chi connectivity index (χ0n) is 37.9. The topological polar surface area (TPSA) is 99.1 Å². The molecule has 8 heteroatoms. The Labute approximate surface area is 346 Å². The second kappa shape index (κ2) is 40.1. The van der Waals surface area contributed by atoms with Crippen molar-refractivity contribution in [3.05, 3.63) is 0 Å². The number of aliphatic carboxylic acids is 1. The van der Waals surface area contributed by atoms with Crippen LogP contribution in [0.5, 0.6) is 0 Å². The number of hydrogen-bond donors (Lipinski definition) is 1. The molecule has 0 amide bonds. The van der Waals surface area contributed by atoms with Crippen molar-refractivity contribution in [2.75, 3.05) is 41.0 Å². The lowest BCUT2D eigenvalue weighted by Gasteiger charge is -2.31. The molecule has 0 heterocycles. The molecular weight excluding hydrogens is 703 g/mol. The summed E-state index contributed by atoms with van der Waals surface area (Å²) in [5.41, 5.74) is 0. The molecule has 2 atom stereocenters. The molecule has 0 aliphatic rings. The summed E-state index contributed by atoms with van der Waals surface area (Å²) < 4.78 is 17.3. The lowest BCUT2D eigenvalue weighted by atomic mass is 10.0. The molecule has 0 saturated heterocycles. The van der Waals surface area contributed by atoms with Gasteiger partial charge in [0.15, 0.2) is 12.1 Å². The Hall–Kier alpha value is -1.67. The molecule has 0 radical (unpaired) electrons. The molecule has 8 nitrogen and oxygen atoms in total. The first kappa shape index (κ1) is 54.3. The fraction of sp³-hybridized carbons (Fsp3) is 0.938. The molecule has 0 aliphatic carbocycles. The molecule has 0 spiro atoms. The van der Waals surface area contributed by atoms with Gasteiger partial charge in [-0.05, 0) is 12.8 Å². The van der Waals surface area contributed by atoms with Crippen molar-refractivity contribution in [3.8, 4) is 0 Å². The summed E-state index contributed by atoms with van der Waals surface area (Å²) in [5, 5.41) is 9.63. The van der Waals surface area contributed by atoms with Crippen LogP contribution in [0.4, 0.5) is 0 Å². The summed E-state index contributed by atoms with van der Waals surface area (Å²) in [4.78, 5) is 37.0. The molecule has 0 rings (SSSR count). The zero-order valence-corrected chi connectivity index (χ0v) is 37.9. The van der Waals surface area contributed by atoms with E-state index in [0.717, 1.165) is 38.5 Å². The largest absolute Gasteiger partial charge is 0.477 e. The number of carboxylic acids is 1. The van der Waals surface area contributed by atoms with Gasteiger partial charge in [0.25, 0.3) is 0 Å². The number of unbranched alkanes of at least 4 members (excludes halogenated alkanes) is 30. The maximum Gasteiger partial charge on any atom is 0.362 e. The average molecular weight is 797 g/mol. The van der Waals surface area contributed by atoms with Gasteiger partial charge in [-0.25, -0.2) is 4.79 Å². The minimum absolute atomic E-state index is 0.0417. The van der Waals surface area contributed by atoms with Gasteiger partial charge in [-0.3, -0.25) is 9.59 Å². The number of likely N-dealkylation sites (N-methyl/N-ethyl adjacent to an activating group) is 1. The maximum atomic E-state index is 12.7. The maximum absolute atomic E-state index is 12.7. The summed E-state index contributed by atoms with van der Waals surface area (Å²) >= 11 is 0. The standard InChI is InChI=1S/C48H93NO7/c1-6-8-10-12-14-16-18-20-21-22-23-24-25-27-28-30-32-34-36-38-46(50)55-43-44(42-54-41-40-45(48(52)53)49(3,4)5)56-47(51)39-37-35-33-31-29-26-19-17-15-13-11-9-7-2/h44-45H,6-43H2,1-5H3/p+1. The number of rotatable bonds is 44. The Morgan fingerprint density at radius 1 is 0.464 bits per heavy atom. The van der Waals surface area contributed by atoms with E-state index in [1.165, 1.54) is 167 Å². The first-order valence-corrected chi connectivity index (χ1v) is 24.1. The fourth-order valence-corrected chi connectivity index (χ4v) is 7.51. The Morgan fingerprint density at radius 3 is 1.11 bits per heavy atom. The van der Waals surface area contributed by atoms with Crippen molar-refractivity contribution in [2.24, 2.45) is 0 Å². The van der Waals surface area contributed by atoms with E-state index in [1.54, 1.807) is 0 Å². The molecule has 0 bridgehead atoms. The summed E-state index contributed by atoms with van der Waals surface area (Å²) in [6.45, 7) is 4.78.